The molecule has 6 nitrogen and oxygen atoms in total. The van der Waals surface area contributed by atoms with Crippen LogP contribution in [-0.2, 0) is 11.2 Å². The summed E-state index contributed by atoms with van der Waals surface area (Å²) >= 11 is 0. The van der Waals surface area contributed by atoms with Crippen molar-refractivity contribution < 1.29 is 9.84 Å². The molecule has 0 radical (unpaired) electrons. The van der Waals surface area contributed by atoms with Crippen molar-refractivity contribution in [3.63, 3.8) is 0 Å². The topological polar surface area (TPSA) is 70.5 Å². The molecule has 0 atom stereocenters. The lowest BCUT2D eigenvalue weighted by molar-refractivity contribution is 0.202. The van der Waals surface area contributed by atoms with Crippen molar-refractivity contribution in [1.82, 2.24) is 9.97 Å². The number of nitrogens with one attached hydrogen (secondary N) is 1. The van der Waals surface area contributed by atoms with Gasteiger partial charge in [0.05, 0.1) is 13.2 Å². The molecule has 0 saturated heterocycles. The molecule has 0 aromatic carbocycles. The monoisotopic (exact) mass is 268 g/mol. The molecule has 108 valence electrons. The minimum Gasteiger partial charge on any atom is -0.395 e. The fourth-order valence-electron chi connectivity index (χ4n) is 1.77. The van der Waals surface area contributed by atoms with Crippen molar-refractivity contribution in [2.24, 2.45) is 0 Å². The van der Waals surface area contributed by atoms with E-state index in [0.717, 1.165) is 30.3 Å². The molecule has 1 rings (SSSR count). The second kappa shape index (κ2) is 8.66. The smallest absolute Gasteiger partial charge is 0.134 e. The third kappa shape index (κ3) is 5.00. The van der Waals surface area contributed by atoms with Crippen LogP contribution < -0.4 is 10.2 Å². The van der Waals surface area contributed by atoms with E-state index in [0.29, 0.717) is 19.7 Å². The van der Waals surface area contributed by atoms with Crippen molar-refractivity contribution in [3.8, 4) is 0 Å². The van der Waals surface area contributed by atoms with E-state index in [-0.39, 0.29) is 6.61 Å². The maximum atomic E-state index is 9.15. The second-order valence-corrected chi connectivity index (χ2v) is 4.23. The molecular weight excluding hydrogens is 244 g/mol. The van der Waals surface area contributed by atoms with Gasteiger partial charge < -0.3 is 20.1 Å². The summed E-state index contributed by atoms with van der Waals surface area (Å²) in [4.78, 5) is 11.0. The summed E-state index contributed by atoms with van der Waals surface area (Å²) in [5, 5.41) is 12.2. The van der Waals surface area contributed by atoms with Gasteiger partial charge in [0.15, 0.2) is 0 Å². The summed E-state index contributed by atoms with van der Waals surface area (Å²) in [5.41, 5.74) is 0. The third-order valence-electron chi connectivity index (χ3n) is 2.75. The molecule has 0 unspecified atom stereocenters. The highest BCUT2D eigenvalue weighted by Crippen LogP contribution is 2.16. The Labute approximate surface area is 114 Å². The molecule has 0 aliphatic rings. The first kappa shape index (κ1) is 15.7. The fourth-order valence-corrected chi connectivity index (χ4v) is 1.77. The Balaban J connectivity index is 2.95. The van der Waals surface area contributed by atoms with Gasteiger partial charge in [-0.3, -0.25) is 0 Å². The van der Waals surface area contributed by atoms with Crippen molar-refractivity contribution in [2.45, 2.75) is 19.8 Å². The van der Waals surface area contributed by atoms with Crippen molar-refractivity contribution in [1.29, 1.82) is 0 Å². The lowest BCUT2D eigenvalue weighted by Crippen LogP contribution is -2.31. The molecule has 0 bridgehead atoms. The van der Waals surface area contributed by atoms with E-state index in [1.54, 1.807) is 7.11 Å². The molecule has 0 aliphatic heterocycles. The minimum atomic E-state index is 0.0890. The molecule has 19 heavy (non-hydrogen) atoms. The summed E-state index contributed by atoms with van der Waals surface area (Å²) in [5.74, 6) is 2.45. The largest absolute Gasteiger partial charge is 0.395 e. The first-order valence-corrected chi connectivity index (χ1v) is 6.65. The zero-order valence-corrected chi connectivity index (χ0v) is 12.0. The average molecular weight is 268 g/mol. The normalized spacial score (nSPS) is 10.5. The Morgan fingerprint density at radius 3 is 2.74 bits per heavy atom. The van der Waals surface area contributed by atoms with Crippen LogP contribution in [0.15, 0.2) is 6.07 Å². The van der Waals surface area contributed by atoms with Gasteiger partial charge in [0.2, 0.25) is 0 Å². The SMILES string of the molecule is CCCc1nc(NC)cc(N(CCO)CCOC)n1. The summed E-state index contributed by atoms with van der Waals surface area (Å²) in [6.07, 6.45) is 1.85. The molecule has 1 aromatic rings. The first-order chi connectivity index (χ1) is 9.24. The molecule has 0 spiro atoms. The standard InChI is InChI=1S/C13H24N4O2/c1-4-5-11-15-12(14-2)10-13(16-11)17(6-8-18)7-9-19-3/h10,18H,4-9H2,1-3H3,(H,14,15,16). The van der Waals surface area contributed by atoms with Crippen LogP contribution in [-0.4, -0.2) is 55.5 Å². The van der Waals surface area contributed by atoms with E-state index in [4.69, 9.17) is 9.84 Å². The average Bonchev–Trinajstić information content (AvgIpc) is 2.43. The molecule has 1 aromatic heterocycles. The summed E-state index contributed by atoms with van der Waals surface area (Å²) in [6.45, 7) is 4.02. The van der Waals surface area contributed by atoms with Gasteiger partial charge in [-0.15, -0.1) is 0 Å². The van der Waals surface area contributed by atoms with E-state index in [9.17, 15) is 0 Å². The zero-order chi connectivity index (χ0) is 14.1. The van der Waals surface area contributed by atoms with Gasteiger partial charge >= 0.3 is 0 Å². The number of methoxy groups -OCH3 is 1. The highest BCUT2D eigenvalue weighted by molar-refractivity contribution is 5.49. The lowest BCUT2D eigenvalue weighted by atomic mass is 10.3. The van der Waals surface area contributed by atoms with Crippen molar-refractivity contribution in [2.75, 3.05) is 50.7 Å². The van der Waals surface area contributed by atoms with Gasteiger partial charge in [-0.05, 0) is 6.42 Å². The molecule has 0 saturated carbocycles. The van der Waals surface area contributed by atoms with Crippen LogP contribution in [0.2, 0.25) is 0 Å². The Kier molecular flexibility index (Phi) is 7.14. The van der Waals surface area contributed by atoms with Crippen molar-refractivity contribution in [3.05, 3.63) is 11.9 Å². The van der Waals surface area contributed by atoms with Gasteiger partial charge in [0.25, 0.3) is 0 Å². The predicted octanol–water partition coefficient (Wildman–Crippen LogP) is 0.916. The fraction of sp³-hybridized carbons (Fsp3) is 0.692. The third-order valence-corrected chi connectivity index (χ3v) is 2.75. The molecule has 2 N–H and O–H groups in total. The van der Waals surface area contributed by atoms with Crippen LogP contribution in [0.1, 0.15) is 19.2 Å². The van der Waals surface area contributed by atoms with E-state index >= 15 is 0 Å². The number of aryl methyl sites for hydroxylation is 1. The second-order valence-electron chi connectivity index (χ2n) is 4.23. The number of aliphatic hydroxyl groups is 1. The van der Waals surface area contributed by atoms with E-state index in [1.807, 2.05) is 18.0 Å². The maximum absolute atomic E-state index is 9.15. The highest BCUT2D eigenvalue weighted by Gasteiger charge is 2.10. The highest BCUT2D eigenvalue weighted by atomic mass is 16.5. The van der Waals surface area contributed by atoms with E-state index in [2.05, 4.69) is 22.2 Å². The molecule has 0 fully saturated rings. The number of hydrogen-bond donors (Lipinski definition) is 2. The van der Waals surface area contributed by atoms with Gasteiger partial charge in [-0.2, -0.15) is 0 Å². The molecule has 0 amide bonds. The Morgan fingerprint density at radius 1 is 1.37 bits per heavy atom. The number of ether oxygens (including phenoxy) is 1. The van der Waals surface area contributed by atoms with Crippen LogP contribution in [0.5, 0.6) is 0 Å². The van der Waals surface area contributed by atoms with Crippen LogP contribution in [0.3, 0.4) is 0 Å². The number of aliphatic hydroxyl groups excluding tert-OH is 1. The van der Waals surface area contributed by atoms with Crippen LogP contribution in [0, 0.1) is 0 Å². The van der Waals surface area contributed by atoms with Crippen LogP contribution >= 0.6 is 0 Å². The summed E-state index contributed by atoms with van der Waals surface area (Å²) in [7, 11) is 3.51. The molecule has 1 heterocycles. The number of hydrogen-bond acceptors (Lipinski definition) is 6. The summed E-state index contributed by atoms with van der Waals surface area (Å²) in [6, 6.07) is 1.89. The van der Waals surface area contributed by atoms with Crippen LogP contribution in [0.4, 0.5) is 11.6 Å². The van der Waals surface area contributed by atoms with Gasteiger partial charge in [-0.25, -0.2) is 9.97 Å². The predicted molar refractivity (Wildman–Crippen MR) is 76.7 cm³/mol. The number of aromatic nitrogens is 2. The lowest BCUT2D eigenvalue weighted by Gasteiger charge is -2.23. The number of nitrogens with zero attached hydrogens (tertiary/aromatic N) is 3. The van der Waals surface area contributed by atoms with Gasteiger partial charge in [0.1, 0.15) is 17.5 Å². The van der Waals surface area contributed by atoms with Gasteiger partial charge in [-0.1, -0.05) is 6.92 Å². The van der Waals surface area contributed by atoms with Crippen molar-refractivity contribution >= 4 is 11.6 Å². The number of rotatable bonds is 9. The molecule has 0 aliphatic carbocycles. The van der Waals surface area contributed by atoms with E-state index in [1.165, 1.54) is 0 Å². The van der Waals surface area contributed by atoms with E-state index < -0.39 is 0 Å². The summed E-state index contributed by atoms with van der Waals surface area (Å²) < 4.78 is 5.09. The quantitative estimate of drug-likeness (QED) is 0.694. The Morgan fingerprint density at radius 2 is 2.16 bits per heavy atom. The zero-order valence-electron chi connectivity index (χ0n) is 12.0. The van der Waals surface area contributed by atoms with Crippen LogP contribution in [0.25, 0.3) is 0 Å². The minimum absolute atomic E-state index is 0.0890. The Bertz CT molecular complexity index is 374. The molecular formula is C13H24N4O2. The molecule has 6 heteroatoms. The Hall–Kier alpha value is -1.40. The maximum Gasteiger partial charge on any atom is 0.134 e. The van der Waals surface area contributed by atoms with Gasteiger partial charge in [0, 0.05) is 39.7 Å². The number of anilines is 2. The first-order valence-electron chi connectivity index (χ1n) is 6.65.